The van der Waals surface area contributed by atoms with Gasteiger partial charge in [0.25, 0.3) is 0 Å². The van der Waals surface area contributed by atoms with Gasteiger partial charge in [-0.05, 0) is 17.7 Å². The summed E-state index contributed by atoms with van der Waals surface area (Å²) < 4.78 is 4.99. The van der Waals surface area contributed by atoms with Gasteiger partial charge in [-0.3, -0.25) is 4.79 Å². The van der Waals surface area contributed by atoms with Gasteiger partial charge in [-0.2, -0.15) is 0 Å². The van der Waals surface area contributed by atoms with Crippen LogP contribution in [0.5, 0.6) is 5.75 Å². The van der Waals surface area contributed by atoms with Crippen molar-refractivity contribution in [1.29, 1.82) is 0 Å². The third-order valence-electron chi connectivity index (χ3n) is 2.11. The van der Waals surface area contributed by atoms with Gasteiger partial charge in [0.2, 0.25) is 0 Å². The lowest BCUT2D eigenvalue weighted by molar-refractivity contribution is -0.136. The first-order chi connectivity index (χ1) is 7.63. The lowest BCUT2D eigenvalue weighted by Crippen LogP contribution is -2.27. The molecule has 5 heteroatoms. The Bertz CT molecular complexity index is 336. The second-order valence-electron chi connectivity index (χ2n) is 3.31. The van der Waals surface area contributed by atoms with E-state index in [0.717, 1.165) is 11.3 Å². The summed E-state index contributed by atoms with van der Waals surface area (Å²) in [5.74, 6) is -0.226. The maximum atomic E-state index is 10.2. The molecule has 1 rings (SSSR count). The number of carbonyl (C=O) groups is 1. The molecule has 0 aliphatic rings. The number of carboxylic acid groups (broad SMARTS) is 1. The second kappa shape index (κ2) is 6.09. The highest BCUT2D eigenvalue weighted by Crippen LogP contribution is 2.16. The highest BCUT2D eigenvalue weighted by atomic mass is 16.5. The first kappa shape index (κ1) is 12.5. The Morgan fingerprint density at radius 3 is 2.56 bits per heavy atom. The van der Waals surface area contributed by atoms with Crippen LogP contribution in [0.25, 0.3) is 0 Å². The van der Waals surface area contributed by atoms with E-state index in [4.69, 9.17) is 9.84 Å². The minimum atomic E-state index is -0.943. The van der Waals surface area contributed by atoms with E-state index >= 15 is 0 Å². The first-order valence-electron chi connectivity index (χ1n) is 4.88. The zero-order chi connectivity index (χ0) is 12.0. The lowest BCUT2D eigenvalue weighted by atomic mass is 10.1. The molecule has 0 bridgehead atoms. The summed E-state index contributed by atoms with van der Waals surface area (Å²) in [6, 6.07) is 6.98. The minimum Gasteiger partial charge on any atom is -0.497 e. The maximum Gasteiger partial charge on any atom is 0.317 e. The number of hydrogen-bond donors (Lipinski definition) is 3. The first-order valence-corrected chi connectivity index (χ1v) is 4.88. The van der Waals surface area contributed by atoms with Crippen molar-refractivity contribution in [3.05, 3.63) is 29.8 Å². The number of rotatable bonds is 6. The Balaban J connectivity index is 2.45. The Morgan fingerprint density at radius 1 is 1.44 bits per heavy atom. The molecule has 0 fully saturated rings. The van der Waals surface area contributed by atoms with Crippen molar-refractivity contribution in [2.24, 2.45) is 0 Å². The van der Waals surface area contributed by atoms with E-state index in [1.807, 2.05) is 0 Å². The van der Waals surface area contributed by atoms with Gasteiger partial charge < -0.3 is 20.3 Å². The Kier molecular flexibility index (Phi) is 4.75. The molecular formula is C11H15NO4. The van der Waals surface area contributed by atoms with Crippen molar-refractivity contribution in [3.8, 4) is 5.75 Å². The number of carboxylic acids is 1. The van der Waals surface area contributed by atoms with Gasteiger partial charge in [-0.1, -0.05) is 12.1 Å². The van der Waals surface area contributed by atoms with E-state index in [1.165, 1.54) is 0 Å². The molecule has 0 aromatic heterocycles. The highest BCUT2D eigenvalue weighted by Gasteiger charge is 2.07. The summed E-state index contributed by atoms with van der Waals surface area (Å²) in [6.45, 7) is 0.0475. The van der Waals surface area contributed by atoms with Crippen molar-refractivity contribution in [3.63, 3.8) is 0 Å². The normalized spacial score (nSPS) is 12.1. The van der Waals surface area contributed by atoms with Crippen LogP contribution in [-0.4, -0.2) is 36.4 Å². The average Bonchev–Trinajstić information content (AvgIpc) is 2.28. The summed E-state index contributed by atoms with van der Waals surface area (Å²) in [7, 11) is 1.57. The highest BCUT2D eigenvalue weighted by molar-refractivity contribution is 5.68. The fourth-order valence-electron chi connectivity index (χ4n) is 1.26. The van der Waals surface area contributed by atoms with E-state index in [1.54, 1.807) is 31.4 Å². The molecule has 1 aromatic carbocycles. The molecule has 88 valence electrons. The van der Waals surface area contributed by atoms with Gasteiger partial charge >= 0.3 is 5.97 Å². The van der Waals surface area contributed by atoms with Gasteiger partial charge in [-0.25, -0.2) is 0 Å². The van der Waals surface area contributed by atoms with Gasteiger partial charge in [-0.15, -0.1) is 0 Å². The third-order valence-corrected chi connectivity index (χ3v) is 2.11. The summed E-state index contributed by atoms with van der Waals surface area (Å²) in [5, 5.41) is 20.7. The van der Waals surface area contributed by atoms with Gasteiger partial charge in [0.1, 0.15) is 5.75 Å². The van der Waals surface area contributed by atoms with Crippen LogP contribution in [0.4, 0.5) is 0 Å². The molecule has 0 radical (unpaired) electrons. The molecule has 0 heterocycles. The largest absolute Gasteiger partial charge is 0.497 e. The molecule has 0 aliphatic carbocycles. The molecule has 5 nitrogen and oxygen atoms in total. The monoisotopic (exact) mass is 225 g/mol. The number of aliphatic hydroxyl groups excluding tert-OH is 1. The number of ether oxygens (including phenoxy) is 1. The van der Waals surface area contributed by atoms with Crippen molar-refractivity contribution >= 4 is 5.97 Å². The molecule has 3 N–H and O–H groups in total. The van der Waals surface area contributed by atoms with Gasteiger partial charge in [0.05, 0.1) is 19.8 Å². The maximum absolute atomic E-state index is 10.2. The molecule has 1 unspecified atom stereocenters. The lowest BCUT2D eigenvalue weighted by Gasteiger charge is -2.11. The standard InChI is InChI=1S/C11H15NO4/c1-16-9-4-2-8(3-5-9)10(13)6-12-7-11(14)15/h2-5,10,12-13H,6-7H2,1H3,(H,14,15). The Morgan fingerprint density at radius 2 is 2.06 bits per heavy atom. The molecule has 1 atom stereocenters. The fourth-order valence-corrected chi connectivity index (χ4v) is 1.26. The Hall–Kier alpha value is -1.59. The SMILES string of the molecule is COc1ccc(C(O)CNCC(=O)O)cc1. The molecular weight excluding hydrogens is 210 g/mol. The Labute approximate surface area is 93.7 Å². The molecule has 0 saturated heterocycles. The van der Waals surface area contributed by atoms with E-state index in [-0.39, 0.29) is 13.1 Å². The summed E-state index contributed by atoms with van der Waals surface area (Å²) in [5.41, 5.74) is 0.721. The van der Waals surface area contributed by atoms with Crippen molar-refractivity contribution < 1.29 is 19.7 Å². The average molecular weight is 225 g/mol. The zero-order valence-electron chi connectivity index (χ0n) is 9.01. The van der Waals surface area contributed by atoms with Crippen molar-refractivity contribution in [1.82, 2.24) is 5.32 Å². The number of benzene rings is 1. The second-order valence-corrected chi connectivity index (χ2v) is 3.31. The van der Waals surface area contributed by atoms with E-state index in [2.05, 4.69) is 5.32 Å². The van der Waals surface area contributed by atoms with Crippen molar-refractivity contribution in [2.75, 3.05) is 20.2 Å². The molecule has 0 spiro atoms. The van der Waals surface area contributed by atoms with Crippen LogP contribution in [-0.2, 0) is 4.79 Å². The topological polar surface area (TPSA) is 78.8 Å². The van der Waals surface area contributed by atoms with E-state index in [9.17, 15) is 9.90 Å². The van der Waals surface area contributed by atoms with Crippen LogP contribution in [0.15, 0.2) is 24.3 Å². The van der Waals surface area contributed by atoms with Crippen LogP contribution in [0.3, 0.4) is 0 Å². The predicted molar refractivity (Wildman–Crippen MR) is 58.5 cm³/mol. The number of methoxy groups -OCH3 is 1. The van der Waals surface area contributed by atoms with Crippen LogP contribution < -0.4 is 10.1 Å². The fraction of sp³-hybridized carbons (Fsp3) is 0.364. The molecule has 0 amide bonds. The number of aliphatic carboxylic acids is 1. The number of hydrogen-bond acceptors (Lipinski definition) is 4. The number of nitrogens with one attached hydrogen (secondary N) is 1. The van der Waals surface area contributed by atoms with Crippen LogP contribution in [0.2, 0.25) is 0 Å². The predicted octanol–water partition coefficient (Wildman–Crippen LogP) is 0.403. The van der Waals surface area contributed by atoms with Crippen LogP contribution >= 0.6 is 0 Å². The van der Waals surface area contributed by atoms with Crippen LogP contribution in [0, 0.1) is 0 Å². The van der Waals surface area contributed by atoms with E-state index < -0.39 is 12.1 Å². The summed E-state index contributed by atoms with van der Waals surface area (Å²) in [6.07, 6.45) is -0.717. The smallest absolute Gasteiger partial charge is 0.317 e. The summed E-state index contributed by atoms with van der Waals surface area (Å²) in [4.78, 5) is 10.2. The summed E-state index contributed by atoms with van der Waals surface area (Å²) >= 11 is 0. The quantitative estimate of drug-likeness (QED) is 0.653. The van der Waals surface area contributed by atoms with E-state index in [0.29, 0.717) is 0 Å². The molecule has 16 heavy (non-hydrogen) atoms. The number of aliphatic hydroxyl groups is 1. The van der Waals surface area contributed by atoms with Crippen LogP contribution in [0.1, 0.15) is 11.7 Å². The minimum absolute atomic E-state index is 0.160. The van der Waals surface area contributed by atoms with Gasteiger partial charge in [0.15, 0.2) is 0 Å². The molecule has 0 saturated carbocycles. The zero-order valence-corrected chi connectivity index (χ0v) is 9.01. The van der Waals surface area contributed by atoms with Crippen molar-refractivity contribution in [2.45, 2.75) is 6.10 Å². The third kappa shape index (κ3) is 3.88. The molecule has 1 aromatic rings. The molecule has 0 aliphatic heterocycles. The van der Waals surface area contributed by atoms with Gasteiger partial charge in [0, 0.05) is 6.54 Å².